The fraction of sp³-hybridized carbons (Fsp3) is 0.227. The zero-order valence-corrected chi connectivity index (χ0v) is 18.6. The van der Waals surface area contributed by atoms with Crippen LogP contribution in [0.3, 0.4) is 0 Å². The van der Waals surface area contributed by atoms with Crippen LogP contribution in [0, 0.1) is 0 Å². The van der Waals surface area contributed by atoms with Crippen molar-refractivity contribution in [1.82, 2.24) is 34.6 Å². The van der Waals surface area contributed by atoms with Crippen molar-refractivity contribution in [3.8, 4) is 5.82 Å². The fourth-order valence-corrected chi connectivity index (χ4v) is 3.35. The number of hydrogen-bond donors (Lipinski definition) is 3. The molecule has 33 heavy (non-hydrogen) atoms. The minimum absolute atomic E-state index is 0.281. The molecule has 0 aliphatic rings. The summed E-state index contributed by atoms with van der Waals surface area (Å²) in [4.78, 5) is 34.7. The fourth-order valence-electron chi connectivity index (χ4n) is 3.35. The predicted octanol–water partition coefficient (Wildman–Crippen LogP) is 2.05. The highest BCUT2D eigenvalue weighted by Crippen LogP contribution is 2.21. The molecule has 170 valence electrons. The number of pyridine rings is 2. The third-order valence-electron chi connectivity index (χ3n) is 5.10. The maximum Gasteiger partial charge on any atom is 0.279 e. The number of amides is 1. The Labute approximate surface area is 190 Å². The Morgan fingerprint density at radius 2 is 1.97 bits per heavy atom. The van der Waals surface area contributed by atoms with Gasteiger partial charge in [-0.3, -0.25) is 19.6 Å². The lowest BCUT2D eigenvalue weighted by Crippen LogP contribution is -2.41. The Kier molecular flexibility index (Phi) is 6.31. The summed E-state index contributed by atoms with van der Waals surface area (Å²) >= 11 is 0. The van der Waals surface area contributed by atoms with Crippen LogP contribution < -0.4 is 21.6 Å². The van der Waals surface area contributed by atoms with Gasteiger partial charge in [0.2, 0.25) is 0 Å². The molecule has 0 saturated carbocycles. The lowest BCUT2D eigenvalue weighted by Gasteiger charge is -2.18. The summed E-state index contributed by atoms with van der Waals surface area (Å²) in [5.74, 6) is 1.19. The van der Waals surface area contributed by atoms with Gasteiger partial charge in [-0.05, 0) is 24.3 Å². The van der Waals surface area contributed by atoms with Crippen LogP contribution in [0.1, 0.15) is 24.2 Å². The Hall–Kier alpha value is -4.25. The van der Waals surface area contributed by atoms with Crippen molar-refractivity contribution in [2.24, 2.45) is 0 Å². The highest BCUT2D eigenvalue weighted by Gasteiger charge is 2.19. The second kappa shape index (κ2) is 9.49. The average Bonchev–Trinajstić information content (AvgIpc) is 3.28. The Balaban J connectivity index is 1.72. The SMILES string of the molecule is CCN(CC)NC(=O)c1cnn2c(NC)cc(Nc3cccn(-c4ccccn4)c3=O)nc12. The normalized spacial score (nSPS) is 11.0. The smallest absolute Gasteiger partial charge is 0.279 e. The zero-order chi connectivity index (χ0) is 23.4. The van der Waals surface area contributed by atoms with E-state index in [1.165, 1.54) is 10.8 Å². The van der Waals surface area contributed by atoms with Crippen molar-refractivity contribution in [1.29, 1.82) is 0 Å². The van der Waals surface area contributed by atoms with Crippen molar-refractivity contribution in [3.05, 3.63) is 70.9 Å². The van der Waals surface area contributed by atoms with E-state index in [1.54, 1.807) is 59.3 Å². The largest absolute Gasteiger partial charge is 0.373 e. The number of carbonyl (C=O) groups is 1. The molecular formula is C22H25N9O2. The highest BCUT2D eigenvalue weighted by atomic mass is 16.2. The summed E-state index contributed by atoms with van der Waals surface area (Å²) in [6.45, 7) is 5.24. The molecule has 0 bridgehead atoms. The van der Waals surface area contributed by atoms with E-state index in [4.69, 9.17) is 0 Å². The standard InChI is InChI=1S/C22H25N9O2/c1-4-29(5-2)28-21(32)15-14-25-31-19(23-3)13-17(27-20(15)31)26-16-9-8-12-30(22(16)33)18-10-6-7-11-24-18/h6-14,23H,4-5H2,1-3H3,(H,26,27)(H,28,32). The molecule has 4 aromatic heterocycles. The van der Waals surface area contributed by atoms with Crippen LogP contribution in [0.25, 0.3) is 11.5 Å². The van der Waals surface area contributed by atoms with Crippen molar-refractivity contribution in [2.75, 3.05) is 30.8 Å². The third kappa shape index (κ3) is 4.39. The Bertz CT molecular complexity index is 1330. The Morgan fingerprint density at radius 3 is 2.67 bits per heavy atom. The summed E-state index contributed by atoms with van der Waals surface area (Å²) in [5.41, 5.74) is 3.56. The molecule has 0 fully saturated rings. The van der Waals surface area contributed by atoms with Crippen molar-refractivity contribution >= 4 is 28.9 Å². The van der Waals surface area contributed by atoms with Crippen LogP contribution in [-0.2, 0) is 0 Å². The minimum atomic E-state index is -0.308. The van der Waals surface area contributed by atoms with Gasteiger partial charge in [-0.2, -0.15) is 9.61 Å². The molecule has 0 atom stereocenters. The molecule has 4 aromatic rings. The average molecular weight is 448 g/mol. The van der Waals surface area contributed by atoms with E-state index < -0.39 is 0 Å². The number of hydrogen-bond acceptors (Lipinski definition) is 8. The molecule has 11 nitrogen and oxygen atoms in total. The quantitative estimate of drug-likeness (QED) is 0.351. The molecule has 4 rings (SSSR count). The molecule has 4 heterocycles. The van der Waals surface area contributed by atoms with E-state index in [2.05, 4.69) is 31.1 Å². The van der Waals surface area contributed by atoms with Gasteiger partial charge in [0.15, 0.2) is 5.65 Å². The van der Waals surface area contributed by atoms with Crippen molar-refractivity contribution in [3.63, 3.8) is 0 Å². The molecule has 1 amide bonds. The second-order valence-electron chi connectivity index (χ2n) is 7.09. The molecule has 0 aliphatic heterocycles. The van der Waals surface area contributed by atoms with E-state index in [0.717, 1.165) is 0 Å². The van der Waals surface area contributed by atoms with Gasteiger partial charge in [0, 0.05) is 38.6 Å². The first-order chi connectivity index (χ1) is 16.0. The molecule has 0 aliphatic carbocycles. The lowest BCUT2D eigenvalue weighted by atomic mass is 10.3. The number of fused-ring (bicyclic) bond motifs is 1. The van der Waals surface area contributed by atoms with Gasteiger partial charge in [-0.25, -0.2) is 15.0 Å². The highest BCUT2D eigenvalue weighted by molar-refractivity contribution is 5.99. The van der Waals surface area contributed by atoms with Gasteiger partial charge in [-0.1, -0.05) is 19.9 Å². The number of nitrogens with one attached hydrogen (secondary N) is 3. The van der Waals surface area contributed by atoms with Crippen LogP contribution in [0.2, 0.25) is 0 Å². The number of rotatable bonds is 8. The molecule has 0 radical (unpaired) electrons. The molecule has 0 spiro atoms. The van der Waals surface area contributed by atoms with Crippen molar-refractivity contribution in [2.45, 2.75) is 13.8 Å². The number of aromatic nitrogens is 5. The summed E-state index contributed by atoms with van der Waals surface area (Å²) in [5, 5.41) is 12.2. The summed E-state index contributed by atoms with van der Waals surface area (Å²) < 4.78 is 2.99. The van der Waals surface area contributed by atoms with Crippen LogP contribution in [0.4, 0.5) is 17.3 Å². The van der Waals surface area contributed by atoms with E-state index in [9.17, 15) is 9.59 Å². The van der Waals surface area contributed by atoms with E-state index in [0.29, 0.717) is 47.4 Å². The summed E-state index contributed by atoms with van der Waals surface area (Å²) in [6.07, 6.45) is 4.75. The molecule has 3 N–H and O–H groups in total. The number of nitrogens with zero attached hydrogens (tertiary/aromatic N) is 6. The maximum absolute atomic E-state index is 13.0. The van der Waals surface area contributed by atoms with Crippen molar-refractivity contribution < 1.29 is 4.79 Å². The monoisotopic (exact) mass is 447 g/mol. The number of anilines is 3. The van der Waals surface area contributed by atoms with Crippen LogP contribution >= 0.6 is 0 Å². The minimum Gasteiger partial charge on any atom is -0.373 e. The first-order valence-electron chi connectivity index (χ1n) is 10.6. The predicted molar refractivity (Wildman–Crippen MR) is 126 cm³/mol. The van der Waals surface area contributed by atoms with Gasteiger partial charge in [-0.15, -0.1) is 0 Å². The van der Waals surface area contributed by atoms with Crippen LogP contribution in [0.15, 0.2) is 59.8 Å². The van der Waals surface area contributed by atoms with Gasteiger partial charge < -0.3 is 10.6 Å². The molecule has 0 saturated heterocycles. The molecule has 11 heteroatoms. The van der Waals surface area contributed by atoms with E-state index in [-0.39, 0.29) is 11.5 Å². The molecule has 0 aromatic carbocycles. The van der Waals surface area contributed by atoms with Gasteiger partial charge >= 0.3 is 0 Å². The van der Waals surface area contributed by atoms with Gasteiger partial charge in [0.05, 0.1) is 6.20 Å². The zero-order valence-electron chi connectivity index (χ0n) is 18.6. The maximum atomic E-state index is 13.0. The van der Waals surface area contributed by atoms with Gasteiger partial charge in [0.1, 0.15) is 28.7 Å². The molecular weight excluding hydrogens is 422 g/mol. The van der Waals surface area contributed by atoms with Crippen LogP contribution in [-0.4, -0.2) is 55.2 Å². The third-order valence-corrected chi connectivity index (χ3v) is 5.10. The van der Waals surface area contributed by atoms with Crippen LogP contribution in [0.5, 0.6) is 0 Å². The number of carbonyl (C=O) groups excluding carboxylic acids is 1. The van der Waals surface area contributed by atoms with E-state index in [1.807, 2.05) is 19.9 Å². The lowest BCUT2D eigenvalue weighted by molar-refractivity contribution is 0.0807. The molecule has 0 unspecified atom stereocenters. The topological polar surface area (TPSA) is 121 Å². The first kappa shape index (κ1) is 22.0. The Morgan fingerprint density at radius 1 is 1.15 bits per heavy atom. The first-order valence-corrected chi connectivity index (χ1v) is 10.6. The van der Waals surface area contributed by atoms with Gasteiger partial charge in [0.25, 0.3) is 11.5 Å². The van der Waals surface area contributed by atoms with E-state index >= 15 is 0 Å². The summed E-state index contributed by atoms with van der Waals surface area (Å²) in [7, 11) is 1.74. The number of hydrazine groups is 1. The second-order valence-corrected chi connectivity index (χ2v) is 7.09. The summed E-state index contributed by atoms with van der Waals surface area (Å²) in [6, 6.07) is 10.5.